The average molecular weight is 235 g/mol. The Morgan fingerprint density at radius 2 is 1.88 bits per heavy atom. The summed E-state index contributed by atoms with van der Waals surface area (Å²) in [4.78, 5) is 13.4. The summed E-state index contributed by atoms with van der Waals surface area (Å²) in [5.74, 6) is 1.23. The molecule has 1 amide bonds. The van der Waals surface area contributed by atoms with Gasteiger partial charge in [0.2, 0.25) is 0 Å². The normalized spacial score (nSPS) is 10.4. The lowest BCUT2D eigenvalue weighted by Crippen LogP contribution is -2.34. The monoisotopic (exact) mass is 235 g/mol. The molecule has 0 N–H and O–H groups in total. The van der Waals surface area contributed by atoms with Gasteiger partial charge in [0.25, 0.3) is 5.91 Å². The van der Waals surface area contributed by atoms with Gasteiger partial charge in [0, 0.05) is 13.6 Å². The van der Waals surface area contributed by atoms with Gasteiger partial charge in [0.05, 0.1) is 0 Å². The number of hydrogen-bond donors (Lipinski definition) is 0. The van der Waals surface area contributed by atoms with Gasteiger partial charge in [0.1, 0.15) is 5.75 Å². The van der Waals surface area contributed by atoms with Crippen LogP contribution < -0.4 is 4.74 Å². The number of benzene rings is 1. The predicted molar refractivity (Wildman–Crippen MR) is 69.1 cm³/mol. The van der Waals surface area contributed by atoms with Crippen LogP contribution in [0.4, 0.5) is 0 Å². The number of likely N-dealkylation sites (N-methyl/N-ethyl adjacent to an activating group) is 1. The number of aryl methyl sites for hydroxylation is 1. The van der Waals surface area contributed by atoms with Gasteiger partial charge in [-0.15, -0.1) is 0 Å². The van der Waals surface area contributed by atoms with Crippen molar-refractivity contribution in [1.29, 1.82) is 0 Å². The van der Waals surface area contributed by atoms with Gasteiger partial charge < -0.3 is 9.64 Å². The zero-order chi connectivity index (χ0) is 12.8. The summed E-state index contributed by atoms with van der Waals surface area (Å²) in [5, 5.41) is 0. The Labute approximate surface area is 103 Å². The number of nitrogens with zero attached hydrogens (tertiary/aromatic N) is 1. The molecule has 3 heteroatoms. The standard InChI is InChI=1S/C14H21NO2/c1-11(2)9-15(4)14(16)10-17-13-7-5-12(3)6-8-13/h5-8,11H,9-10H2,1-4H3. The molecule has 0 aromatic heterocycles. The van der Waals surface area contributed by atoms with Crippen LogP contribution in [-0.4, -0.2) is 31.0 Å². The van der Waals surface area contributed by atoms with Crippen molar-refractivity contribution in [1.82, 2.24) is 4.90 Å². The van der Waals surface area contributed by atoms with Crippen molar-refractivity contribution in [2.24, 2.45) is 5.92 Å². The van der Waals surface area contributed by atoms with Crippen LogP contribution in [0, 0.1) is 12.8 Å². The topological polar surface area (TPSA) is 29.5 Å². The average Bonchev–Trinajstić information content (AvgIpc) is 2.27. The third kappa shape index (κ3) is 4.89. The van der Waals surface area contributed by atoms with Gasteiger partial charge >= 0.3 is 0 Å². The van der Waals surface area contributed by atoms with E-state index in [9.17, 15) is 4.79 Å². The molecule has 0 fully saturated rings. The van der Waals surface area contributed by atoms with Gasteiger partial charge in [-0.2, -0.15) is 0 Å². The molecule has 0 atom stereocenters. The van der Waals surface area contributed by atoms with E-state index in [1.807, 2.05) is 31.2 Å². The van der Waals surface area contributed by atoms with E-state index >= 15 is 0 Å². The highest BCUT2D eigenvalue weighted by Crippen LogP contribution is 2.11. The Morgan fingerprint density at radius 3 is 2.41 bits per heavy atom. The largest absolute Gasteiger partial charge is 0.484 e. The minimum atomic E-state index is 0.0132. The molecule has 1 rings (SSSR count). The Hall–Kier alpha value is -1.51. The van der Waals surface area contributed by atoms with Crippen molar-refractivity contribution in [3.05, 3.63) is 29.8 Å². The highest BCUT2D eigenvalue weighted by Gasteiger charge is 2.10. The zero-order valence-electron chi connectivity index (χ0n) is 11.1. The first-order valence-corrected chi connectivity index (χ1v) is 5.92. The molecule has 1 aromatic rings. The molecule has 0 bridgehead atoms. The van der Waals surface area contributed by atoms with Gasteiger partial charge in [-0.1, -0.05) is 31.5 Å². The van der Waals surface area contributed by atoms with E-state index < -0.39 is 0 Å². The lowest BCUT2D eigenvalue weighted by atomic mass is 10.2. The molecule has 0 saturated carbocycles. The van der Waals surface area contributed by atoms with Crippen molar-refractivity contribution in [3.8, 4) is 5.75 Å². The summed E-state index contributed by atoms with van der Waals surface area (Å²) in [5.41, 5.74) is 1.18. The zero-order valence-corrected chi connectivity index (χ0v) is 11.1. The number of rotatable bonds is 5. The van der Waals surface area contributed by atoms with Crippen LogP contribution in [0.5, 0.6) is 5.75 Å². The number of hydrogen-bond acceptors (Lipinski definition) is 2. The second kappa shape index (κ2) is 6.28. The van der Waals surface area contributed by atoms with Crippen molar-refractivity contribution >= 4 is 5.91 Å². The van der Waals surface area contributed by atoms with Crippen LogP contribution in [0.15, 0.2) is 24.3 Å². The lowest BCUT2D eigenvalue weighted by molar-refractivity contribution is -0.132. The van der Waals surface area contributed by atoms with E-state index in [0.717, 1.165) is 12.3 Å². The minimum absolute atomic E-state index is 0.0132. The maximum Gasteiger partial charge on any atom is 0.260 e. The summed E-state index contributed by atoms with van der Waals surface area (Å²) < 4.78 is 5.43. The van der Waals surface area contributed by atoms with Crippen LogP contribution in [0.3, 0.4) is 0 Å². The number of carbonyl (C=O) groups is 1. The molecule has 1 aromatic carbocycles. The van der Waals surface area contributed by atoms with E-state index in [2.05, 4.69) is 13.8 Å². The van der Waals surface area contributed by atoms with Gasteiger partial charge in [-0.3, -0.25) is 4.79 Å². The smallest absolute Gasteiger partial charge is 0.260 e. The van der Waals surface area contributed by atoms with Gasteiger partial charge in [-0.25, -0.2) is 0 Å². The molecule has 0 aliphatic heterocycles. The van der Waals surface area contributed by atoms with Crippen LogP contribution in [0.1, 0.15) is 19.4 Å². The molecule has 0 radical (unpaired) electrons. The molecule has 94 valence electrons. The van der Waals surface area contributed by atoms with Gasteiger partial charge in [0.15, 0.2) is 6.61 Å². The Morgan fingerprint density at radius 1 is 1.29 bits per heavy atom. The molecular weight excluding hydrogens is 214 g/mol. The molecule has 17 heavy (non-hydrogen) atoms. The minimum Gasteiger partial charge on any atom is -0.484 e. The quantitative estimate of drug-likeness (QED) is 0.784. The molecule has 3 nitrogen and oxygen atoms in total. The van der Waals surface area contributed by atoms with Crippen molar-refractivity contribution in [2.75, 3.05) is 20.2 Å². The highest BCUT2D eigenvalue weighted by atomic mass is 16.5. The van der Waals surface area contributed by atoms with E-state index in [-0.39, 0.29) is 12.5 Å². The molecular formula is C14H21NO2. The second-order valence-corrected chi connectivity index (χ2v) is 4.77. The fourth-order valence-corrected chi connectivity index (χ4v) is 1.54. The predicted octanol–water partition coefficient (Wildman–Crippen LogP) is 2.49. The van der Waals surface area contributed by atoms with E-state index in [1.54, 1.807) is 11.9 Å². The molecule has 0 aliphatic rings. The Kier molecular flexibility index (Phi) is 5.01. The highest BCUT2D eigenvalue weighted by molar-refractivity contribution is 5.77. The first kappa shape index (κ1) is 13.6. The Balaban J connectivity index is 2.40. The third-order valence-electron chi connectivity index (χ3n) is 2.45. The molecule has 0 unspecified atom stereocenters. The van der Waals surface area contributed by atoms with Crippen LogP contribution in [0.2, 0.25) is 0 Å². The second-order valence-electron chi connectivity index (χ2n) is 4.77. The number of ether oxygens (including phenoxy) is 1. The Bertz CT molecular complexity index is 357. The van der Waals surface area contributed by atoms with Crippen LogP contribution in [-0.2, 0) is 4.79 Å². The van der Waals surface area contributed by atoms with E-state index in [4.69, 9.17) is 4.74 Å². The molecule has 0 heterocycles. The summed E-state index contributed by atoms with van der Waals surface area (Å²) in [7, 11) is 1.81. The summed E-state index contributed by atoms with van der Waals surface area (Å²) >= 11 is 0. The molecule has 0 aliphatic carbocycles. The number of carbonyl (C=O) groups excluding carboxylic acids is 1. The first-order valence-electron chi connectivity index (χ1n) is 5.92. The maximum atomic E-state index is 11.7. The van der Waals surface area contributed by atoms with Crippen molar-refractivity contribution in [3.63, 3.8) is 0 Å². The van der Waals surface area contributed by atoms with Crippen molar-refractivity contribution < 1.29 is 9.53 Å². The van der Waals surface area contributed by atoms with E-state index in [0.29, 0.717) is 5.92 Å². The summed E-state index contributed by atoms with van der Waals surface area (Å²) in [6.07, 6.45) is 0. The fraction of sp³-hybridized carbons (Fsp3) is 0.500. The summed E-state index contributed by atoms with van der Waals surface area (Å²) in [6.45, 7) is 7.06. The fourth-order valence-electron chi connectivity index (χ4n) is 1.54. The SMILES string of the molecule is Cc1ccc(OCC(=O)N(C)CC(C)C)cc1. The van der Waals surface area contributed by atoms with Crippen LogP contribution >= 0.6 is 0 Å². The molecule has 0 spiro atoms. The van der Waals surface area contributed by atoms with Crippen molar-refractivity contribution in [2.45, 2.75) is 20.8 Å². The maximum absolute atomic E-state index is 11.7. The third-order valence-corrected chi connectivity index (χ3v) is 2.45. The van der Waals surface area contributed by atoms with E-state index in [1.165, 1.54) is 5.56 Å². The lowest BCUT2D eigenvalue weighted by Gasteiger charge is -2.19. The first-order chi connectivity index (χ1) is 7.99. The van der Waals surface area contributed by atoms with Gasteiger partial charge in [-0.05, 0) is 25.0 Å². The molecule has 0 saturated heterocycles. The number of amides is 1. The van der Waals surface area contributed by atoms with Crippen LogP contribution in [0.25, 0.3) is 0 Å². The summed E-state index contributed by atoms with van der Waals surface area (Å²) in [6, 6.07) is 7.70.